The monoisotopic (exact) mass is 296 g/mol. The molecule has 0 spiro atoms. The average molecular weight is 297 g/mol. The molecule has 0 bridgehead atoms. The van der Waals surface area contributed by atoms with Gasteiger partial charge in [-0.05, 0) is 36.7 Å². The Kier molecular flexibility index (Phi) is 5.02. The zero-order chi connectivity index (χ0) is 13.7. The van der Waals surface area contributed by atoms with Crippen molar-refractivity contribution in [2.24, 2.45) is 0 Å². The number of hydrogen-bond donors (Lipinski definition) is 2. The van der Waals surface area contributed by atoms with E-state index in [-0.39, 0.29) is 10.8 Å². The lowest BCUT2D eigenvalue weighted by Crippen LogP contribution is -2.16. The summed E-state index contributed by atoms with van der Waals surface area (Å²) in [7, 11) is 0. The highest BCUT2D eigenvalue weighted by molar-refractivity contribution is 6.35. The normalized spacial score (nSPS) is 10.6. The molecule has 0 saturated carbocycles. The number of aromatic hydroxyl groups is 1. The number of nitrogens with zero attached hydrogens (tertiary/aromatic N) is 1. The van der Waals surface area contributed by atoms with Gasteiger partial charge >= 0.3 is 0 Å². The van der Waals surface area contributed by atoms with Crippen LogP contribution in [0, 0.1) is 0 Å². The van der Waals surface area contributed by atoms with Crippen LogP contribution in [-0.4, -0.2) is 16.6 Å². The van der Waals surface area contributed by atoms with E-state index in [2.05, 4.69) is 10.3 Å². The van der Waals surface area contributed by atoms with Crippen molar-refractivity contribution in [2.45, 2.75) is 13.0 Å². The number of phenolic OH excluding ortho intramolecular Hbond substituents is 1. The molecule has 2 rings (SSSR count). The molecule has 0 radical (unpaired) electrons. The predicted octanol–water partition coefficient (Wildman–Crippen LogP) is 3.43. The van der Waals surface area contributed by atoms with Gasteiger partial charge in [0.05, 0.1) is 5.02 Å². The summed E-state index contributed by atoms with van der Waals surface area (Å²) in [5.41, 5.74) is 1.87. The number of nitrogens with one attached hydrogen (secondary N) is 1. The van der Waals surface area contributed by atoms with E-state index in [0.29, 0.717) is 17.1 Å². The topological polar surface area (TPSA) is 45.1 Å². The molecule has 0 fully saturated rings. The SMILES string of the molecule is Oc1c(Cl)cc(Cl)cc1CNCCc1cccnc1. The summed E-state index contributed by atoms with van der Waals surface area (Å²) in [6.07, 6.45) is 4.47. The second-order valence-corrected chi connectivity index (χ2v) is 5.03. The largest absolute Gasteiger partial charge is 0.506 e. The molecule has 2 aromatic rings. The second-order valence-electron chi connectivity index (χ2n) is 4.18. The number of rotatable bonds is 5. The van der Waals surface area contributed by atoms with Gasteiger partial charge in [0.25, 0.3) is 0 Å². The van der Waals surface area contributed by atoms with Gasteiger partial charge in [-0.1, -0.05) is 29.3 Å². The molecule has 0 unspecified atom stereocenters. The van der Waals surface area contributed by atoms with Crippen LogP contribution in [0.3, 0.4) is 0 Å². The molecule has 1 aromatic carbocycles. The van der Waals surface area contributed by atoms with Crippen molar-refractivity contribution in [1.82, 2.24) is 10.3 Å². The number of hydrogen-bond acceptors (Lipinski definition) is 3. The highest BCUT2D eigenvalue weighted by Crippen LogP contribution is 2.30. The molecule has 0 aliphatic rings. The van der Waals surface area contributed by atoms with Gasteiger partial charge in [-0.2, -0.15) is 0 Å². The summed E-state index contributed by atoms with van der Waals surface area (Å²) >= 11 is 11.8. The Balaban J connectivity index is 1.86. The number of pyridine rings is 1. The third-order valence-electron chi connectivity index (χ3n) is 2.74. The molecule has 100 valence electrons. The van der Waals surface area contributed by atoms with E-state index in [1.165, 1.54) is 11.6 Å². The lowest BCUT2D eigenvalue weighted by molar-refractivity contribution is 0.465. The Morgan fingerprint density at radius 3 is 2.84 bits per heavy atom. The fourth-order valence-electron chi connectivity index (χ4n) is 1.76. The van der Waals surface area contributed by atoms with Crippen molar-refractivity contribution in [3.05, 3.63) is 57.8 Å². The Hall–Kier alpha value is -1.29. The van der Waals surface area contributed by atoms with Crippen LogP contribution in [-0.2, 0) is 13.0 Å². The fraction of sp³-hybridized carbons (Fsp3) is 0.214. The first kappa shape index (κ1) is 14.1. The van der Waals surface area contributed by atoms with E-state index < -0.39 is 0 Å². The molecule has 1 aromatic heterocycles. The van der Waals surface area contributed by atoms with Gasteiger partial charge in [-0.25, -0.2) is 0 Å². The van der Waals surface area contributed by atoms with E-state index in [1.807, 2.05) is 18.3 Å². The average Bonchev–Trinajstić information content (AvgIpc) is 2.41. The first-order chi connectivity index (χ1) is 9.16. The van der Waals surface area contributed by atoms with E-state index in [0.717, 1.165) is 13.0 Å². The van der Waals surface area contributed by atoms with Crippen molar-refractivity contribution in [1.29, 1.82) is 0 Å². The second kappa shape index (κ2) is 6.75. The first-order valence-electron chi connectivity index (χ1n) is 5.93. The minimum atomic E-state index is 0.0833. The zero-order valence-corrected chi connectivity index (χ0v) is 11.7. The molecule has 0 aliphatic heterocycles. The molecule has 3 nitrogen and oxygen atoms in total. The van der Waals surface area contributed by atoms with E-state index in [9.17, 15) is 5.11 Å². The van der Waals surface area contributed by atoms with Crippen LogP contribution >= 0.6 is 23.2 Å². The molecular formula is C14H14Cl2N2O. The quantitative estimate of drug-likeness (QED) is 0.831. The van der Waals surface area contributed by atoms with Gasteiger partial charge in [0, 0.05) is 29.5 Å². The maximum Gasteiger partial charge on any atom is 0.138 e. The molecule has 0 aliphatic carbocycles. The standard InChI is InChI=1S/C14H14Cl2N2O/c15-12-6-11(14(19)13(16)7-12)9-18-5-3-10-2-1-4-17-8-10/h1-2,4,6-8,18-19H,3,5,9H2. The summed E-state index contributed by atoms with van der Waals surface area (Å²) in [4.78, 5) is 4.06. The maximum absolute atomic E-state index is 9.80. The molecule has 0 saturated heterocycles. The highest BCUT2D eigenvalue weighted by atomic mass is 35.5. The van der Waals surface area contributed by atoms with Crippen LogP contribution in [0.2, 0.25) is 10.0 Å². The first-order valence-corrected chi connectivity index (χ1v) is 6.69. The van der Waals surface area contributed by atoms with Crippen molar-refractivity contribution in [2.75, 3.05) is 6.54 Å². The van der Waals surface area contributed by atoms with Crippen molar-refractivity contribution in [3.8, 4) is 5.75 Å². The van der Waals surface area contributed by atoms with E-state index in [1.54, 1.807) is 12.3 Å². The van der Waals surface area contributed by atoms with Gasteiger partial charge in [-0.15, -0.1) is 0 Å². The van der Waals surface area contributed by atoms with Gasteiger partial charge in [0.2, 0.25) is 0 Å². The number of benzene rings is 1. The third-order valence-corrected chi connectivity index (χ3v) is 3.24. The van der Waals surface area contributed by atoms with Crippen molar-refractivity contribution in [3.63, 3.8) is 0 Å². The molecule has 1 heterocycles. The van der Waals surface area contributed by atoms with Gasteiger partial charge in [-0.3, -0.25) is 4.98 Å². The Morgan fingerprint density at radius 1 is 1.26 bits per heavy atom. The Bertz CT molecular complexity index is 547. The van der Waals surface area contributed by atoms with Gasteiger partial charge in [0.1, 0.15) is 5.75 Å². The molecule has 2 N–H and O–H groups in total. The summed E-state index contributed by atoms with van der Waals surface area (Å²) in [6.45, 7) is 1.31. The predicted molar refractivity (Wildman–Crippen MR) is 77.8 cm³/mol. The molecule has 5 heteroatoms. The number of aromatic nitrogens is 1. The smallest absolute Gasteiger partial charge is 0.138 e. The third kappa shape index (κ3) is 4.10. The molecule has 19 heavy (non-hydrogen) atoms. The van der Waals surface area contributed by atoms with Crippen LogP contribution in [0.15, 0.2) is 36.7 Å². The summed E-state index contributed by atoms with van der Waals surface area (Å²) < 4.78 is 0. The van der Waals surface area contributed by atoms with Crippen LogP contribution in [0.1, 0.15) is 11.1 Å². The lowest BCUT2D eigenvalue weighted by atomic mass is 10.2. The molecule has 0 atom stereocenters. The molecular weight excluding hydrogens is 283 g/mol. The number of phenols is 1. The van der Waals surface area contributed by atoms with Crippen LogP contribution < -0.4 is 5.32 Å². The molecule has 0 amide bonds. The highest BCUT2D eigenvalue weighted by Gasteiger charge is 2.07. The maximum atomic E-state index is 9.80. The van der Waals surface area contributed by atoms with Crippen LogP contribution in [0.4, 0.5) is 0 Å². The minimum absolute atomic E-state index is 0.0833. The van der Waals surface area contributed by atoms with Gasteiger partial charge < -0.3 is 10.4 Å². The van der Waals surface area contributed by atoms with Crippen molar-refractivity contribution >= 4 is 23.2 Å². The van der Waals surface area contributed by atoms with Crippen LogP contribution in [0.5, 0.6) is 5.75 Å². The summed E-state index contributed by atoms with van der Waals surface area (Å²) in [5.74, 6) is 0.0833. The zero-order valence-electron chi connectivity index (χ0n) is 10.2. The van der Waals surface area contributed by atoms with E-state index in [4.69, 9.17) is 23.2 Å². The number of halogens is 2. The summed E-state index contributed by atoms with van der Waals surface area (Å²) in [5, 5.41) is 13.8. The fourth-order valence-corrected chi connectivity index (χ4v) is 2.29. The Morgan fingerprint density at radius 2 is 2.11 bits per heavy atom. The minimum Gasteiger partial charge on any atom is -0.506 e. The van der Waals surface area contributed by atoms with E-state index >= 15 is 0 Å². The van der Waals surface area contributed by atoms with Crippen molar-refractivity contribution < 1.29 is 5.11 Å². The Labute approximate surface area is 122 Å². The van der Waals surface area contributed by atoms with Gasteiger partial charge in [0.15, 0.2) is 0 Å². The lowest BCUT2D eigenvalue weighted by Gasteiger charge is -2.08. The summed E-state index contributed by atoms with van der Waals surface area (Å²) in [6, 6.07) is 7.18. The van der Waals surface area contributed by atoms with Crippen LogP contribution in [0.25, 0.3) is 0 Å².